The Bertz CT molecular complexity index is 1200. The Kier molecular flexibility index (Phi) is 6.26. The van der Waals surface area contributed by atoms with E-state index in [1.165, 1.54) is 18.2 Å². The van der Waals surface area contributed by atoms with E-state index >= 15 is 0 Å². The zero-order valence-corrected chi connectivity index (χ0v) is 18.2. The number of fused-ring (bicyclic) bond motifs is 2. The maximum atomic E-state index is 13.7. The second kappa shape index (κ2) is 9.46. The molecule has 1 fully saturated rings. The molecule has 2 atom stereocenters. The Morgan fingerprint density at radius 1 is 1.09 bits per heavy atom. The van der Waals surface area contributed by atoms with Crippen molar-refractivity contribution in [2.24, 2.45) is 5.92 Å². The molecule has 1 aromatic carbocycles. The van der Waals surface area contributed by atoms with Gasteiger partial charge in [0.15, 0.2) is 11.5 Å². The highest BCUT2D eigenvalue weighted by Gasteiger charge is 2.30. The first kappa shape index (κ1) is 21.8. The van der Waals surface area contributed by atoms with Gasteiger partial charge in [0.25, 0.3) is 5.56 Å². The monoisotopic (exact) mass is 454 g/mol. The molecule has 9 heteroatoms. The molecule has 174 valence electrons. The lowest BCUT2D eigenvalue weighted by atomic mass is 10.1. The number of nitrogens with zero attached hydrogens (tertiary/aromatic N) is 3. The second-order valence-corrected chi connectivity index (χ2v) is 8.56. The maximum Gasteiger partial charge on any atom is 0.251 e. The van der Waals surface area contributed by atoms with Gasteiger partial charge < -0.3 is 24.5 Å². The summed E-state index contributed by atoms with van der Waals surface area (Å²) in [7, 11) is 0. The summed E-state index contributed by atoms with van der Waals surface area (Å²) in [5, 5.41) is 14.7. The molecule has 0 bridgehead atoms. The number of likely N-dealkylation sites (tertiary alicyclic amines) is 1. The predicted octanol–water partition coefficient (Wildman–Crippen LogP) is 1.39. The Hall–Kier alpha value is -3.01. The van der Waals surface area contributed by atoms with Gasteiger partial charge >= 0.3 is 0 Å². The Balaban J connectivity index is 1.15. The molecule has 0 radical (unpaired) electrons. The number of aromatic nitrogens is 2. The fraction of sp³-hybridized carbons (Fsp3) is 0.417. The molecule has 0 saturated carbocycles. The average Bonchev–Trinajstić information content (AvgIpc) is 3.17. The van der Waals surface area contributed by atoms with Crippen LogP contribution in [0.2, 0.25) is 0 Å². The quantitative estimate of drug-likeness (QED) is 0.558. The summed E-state index contributed by atoms with van der Waals surface area (Å²) in [6.07, 6.45) is 1.23. The number of ether oxygens (including phenoxy) is 2. The third-order valence-electron chi connectivity index (χ3n) is 6.28. The van der Waals surface area contributed by atoms with Crippen LogP contribution in [0.1, 0.15) is 5.69 Å². The van der Waals surface area contributed by atoms with Crippen molar-refractivity contribution in [2.75, 3.05) is 39.4 Å². The van der Waals surface area contributed by atoms with Gasteiger partial charge in [-0.2, -0.15) is 0 Å². The summed E-state index contributed by atoms with van der Waals surface area (Å²) in [5.74, 6) is 1.09. The van der Waals surface area contributed by atoms with Gasteiger partial charge in [0.2, 0.25) is 0 Å². The number of halogens is 1. The number of aliphatic hydroxyl groups is 1. The Morgan fingerprint density at radius 2 is 1.91 bits per heavy atom. The number of rotatable bonds is 7. The van der Waals surface area contributed by atoms with Crippen LogP contribution < -0.4 is 20.3 Å². The number of benzene rings is 1. The lowest BCUT2D eigenvalue weighted by molar-refractivity contribution is 0.140. The van der Waals surface area contributed by atoms with Gasteiger partial charge in [-0.1, -0.05) is 0 Å². The maximum absolute atomic E-state index is 13.7. The SMILES string of the molecule is O=c1ccc2ccc(F)cc2n1CCN1C[C@H](CNCc2cc3c(cn2)OCCO3)[C@@H](O)C1. The van der Waals surface area contributed by atoms with Crippen molar-refractivity contribution in [1.82, 2.24) is 19.8 Å². The highest BCUT2D eigenvalue weighted by molar-refractivity contribution is 5.78. The third-order valence-corrected chi connectivity index (χ3v) is 6.28. The molecule has 2 aromatic heterocycles. The van der Waals surface area contributed by atoms with Crippen LogP contribution in [0.3, 0.4) is 0 Å². The van der Waals surface area contributed by atoms with Crippen molar-refractivity contribution in [3.63, 3.8) is 0 Å². The van der Waals surface area contributed by atoms with E-state index in [1.807, 2.05) is 6.07 Å². The summed E-state index contributed by atoms with van der Waals surface area (Å²) in [6.45, 7) is 4.59. The number of aliphatic hydroxyl groups excluding tert-OH is 1. The van der Waals surface area contributed by atoms with Crippen LogP contribution >= 0.6 is 0 Å². The molecule has 2 aliphatic heterocycles. The molecule has 0 aliphatic carbocycles. The van der Waals surface area contributed by atoms with Gasteiger partial charge in [0.1, 0.15) is 19.0 Å². The molecule has 0 amide bonds. The highest BCUT2D eigenvalue weighted by atomic mass is 19.1. The van der Waals surface area contributed by atoms with Crippen LogP contribution in [0.15, 0.2) is 47.4 Å². The molecule has 5 rings (SSSR count). The van der Waals surface area contributed by atoms with E-state index in [-0.39, 0.29) is 17.3 Å². The minimum atomic E-state index is -0.451. The van der Waals surface area contributed by atoms with Crippen LogP contribution in [0.25, 0.3) is 10.9 Å². The van der Waals surface area contributed by atoms with Crippen molar-refractivity contribution < 1.29 is 19.0 Å². The largest absolute Gasteiger partial charge is 0.486 e. The summed E-state index contributed by atoms with van der Waals surface area (Å²) in [4.78, 5) is 18.9. The molecule has 1 saturated heterocycles. The fourth-order valence-corrected chi connectivity index (χ4v) is 4.53. The average molecular weight is 455 g/mol. The summed E-state index contributed by atoms with van der Waals surface area (Å²) in [5.41, 5.74) is 1.29. The molecule has 4 heterocycles. The minimum Gasteiger partial charge on any atom is -0.486 e. The number of hydrogen-bond donors (Lipinski definition) is 2. The molecule has 2 N–H and O–H groups in total. The van der Waals surface area contributed by atoms with E-state index in [4.69, 9.17) is 9.47 Å². The Morgan fingerprint density at radius 3 is 2.79 bits per heavy atom. The van der Waals surface area contributed by atoms with Crippen molar-refractivity contribution in [2.45, 2.75) is 19.2 Å². The summed E-state index contributed by atoms with van der Waals surface area (Å²) < 4.78 is 26.4. The summed E-state index contributed by atoms with van der Waals surface area (Å²) in [6, 6.07) is 9.57. The molecule has 33 heavy (non-hydrogen) atoms. The lowest BCUT2D eigenvalue weighted by Crippen LogP contribution is -2.31. The lowest BCUT2D eigenvalue weighted by Gasteiger charge is -2.19. The van der Waals surface area contributed by atoms with E-state index < -0.39 is 6.10 Å². The number of hydrogen-bond acceptors (Lipinski definition) is 7. The molecular weight excluding hydrogens is 427 g/mol. The number of pyridine rings is 2. The van der Waals surface area contributed by atoms with Gasteiger partial charge in [-0.15, -0.1) is 0 Å². The molecule has 2 aliphatic rings. The normalized spacial score (nSPS) is 20.4. The van der Waals surface area contributed by atoms with Crippen molar-refractivity contribution in [3.8, 4) is 11.5 Å². The number of β-amino-alcohol motifs (C(OH)–C–C–N with tert-alkyl or cyclic N) is 1. The topological polar surface area (TPSA) is 88.9 Å². The molecular formula is C24H27FN4O4. The number of nitrogens with one attached hydrogen (secondary N) is 1. The minimum absolute atomic E-state index is 0.0731. The zero-order valence-electron chi connectivity index (χ0n) is 18.2. The van der Waals surface area contributed by atoms with Gasteiger partial charge in [0, 0.05) is 57.3 Å². The smallest absolute Gasteiger partial charge is 0.251 e. The van der Waals surface area contributed by atoms with E-state index in [0.717, 1.165) is 17.6 Å². The van der Waals surface area contributed by atoms with E-state index in [9.17, 15) is 14.3 Å². The zero-order chi connectivity index (χ0) is 22.8. The van der Waals surface area contributed by atoms with E-state index in [1.54, 1.807) is 22.9 Å². The van der Waals surface area contributed by atoms with Crippen LogP contribution in [0.4, 0.5) is 4.39 Å². The van der Waals surface area contributed by atoms with Crippen molar-refractivity contribution in [1.29, 1.82) is 0 Å². The molecule has 8 nitrogen and oxygen atoms in total. The van der Waals surface area contributed by atoms with Gasteiger partial charge in [-0.3, -0.25) is 14.7 Å². The van der Waals surface area contributed by atoms with Crippen LogP contribution in [-0.2, 0) is 13.1 Å². The first-order valence-corrected chi connectivity index (χ1v) is 11.2. The predicted molar refractivity (Wildman–Crippen MR) is 121 cm³/mol. The van der Waals surface area contributed by atoms with E-state index in [0.29, 0.717) is 63.0 Å². The van der Waals surface area contributed by atoms with Crippen molar-refractivity contribution in [3.05, 3.63) is 64.5 Å². The molecule has 0 unspecified atom stereocenters. The molecule has 3 aromatic rings. The highest BCUT2D eigenvalue weighted by Crippen LogP contribution is 2.29. The van der Waals surface area contributed by atoms with Crippen LogP contribution in [0.5, 0.6) is 11.5 Å². The summed E-state index contributed by atoms with van der Waals surface area (Å²) >= 11 is 0. The fourth-order valence-electron chi connectivity index (χ4n) is 4.53. The van der Waals surface area contributed by atoms with Gasteiger partial charge in [0.05, 0.1) is 23.5 Å². The first-order valence-electron chi connectivity index (χ1n) is 11.2. The standard InChI is InChI=1S/C24H27FN4O4/c25-18-3-1-16-2-4-24(31)29(20(16)9-18)6-5-28-14-17(21(30)15-28)11-26-12-19-10-22-23(13-27-19)33-8-7-32-22/h1-4,9-10,13,17,21,26,30H,5-8,11-12,14-15H2/t17-,21-/m0/s1. The van der Waals surface area contributed by atoms with Gasteiger partial charge in [-0.05, 0) is 29.7 Å². The molecule has 0 spiro atoms. The van der Waals surface area contributed by atoms with Crippen LogP contribution in [-0.4, -0.2) is 65.1 Å². The van der Waals surface area contributed by atoms with E-state index in [2.05, 4.69) is 15.2 Å². The van der Waals surface area contributed by atoms with Crippen LogP contribution in [0, 0.1) is 11.7 Å². The third kappa shape index (κ3) is 4.85. The van der Waals surface area contributed by atoms with Gasteiger partial charge in [-0.25, -0.2) is 4.39 Å². The second-order valence-electron chi connectivity index (χ2n) is 8.56. The Labute approximate surface area is 190 Å². The first-order chi connectivity index (χ1) is 16.1. The van der Waals surface area contributed by atoms with Crippen molar-refractivity contribution >= 4 is 10.9 Å².